The van der Waals surface area contributed by atoms with Crippen LogP contribution in [0.3, 0.4) is 0 Å². The fraction of sp³-hybridized carbons (Fsp3) is 0.556. The molecule has 0 bridgehead atoms. The van der Waals surface area contributed by atoms with Gasteiger partial charge in [0.05, 0.1) is 0 Å². The van der Waals surface area contributed by atoms with Gasteiger partial charge < -0.3 is 14.4 Å². The van der Waals surface area contributed by atoms with E-state index < -0.39 is 0 Å². The summed E-state index contributed by atoms with van der Waals surface area (Å²) in [7, 11) is 2.21. The molecule has 1 aromatic carbocycles. The Kier molecular flexibility index (Phi) is 5.07. The number of piperazine rings is 1. The molecule has 2 aromatic rings. The lowest BCUT2D eigenvalue weighted by molar-refractivity contribution is 0.153. The van der Waals surface area contributed by atoms with Crippen LogP contribution in [0.4, 0.5) is 0 Å². The van der Waals surface area contributed by atoms with Crippen LogP contribution in [0.15, 0.2) is 24.4 Å². The van der Waals surface area contributed by atoms with Crippen molar-refractivity contribution >= 4 is 22.5 Å². The van der Waals surface area contributed by atoms with Crippen LogP contribution < -0.4 is 0 Å². The molecule has 0 N–H and O–H groups in total. The Morgan fingerprint density at radius 3 is 2.64 bits per heavy atom. The van der Waals surface area contributed by atoms with Crippen LogP contribution in [-0.2, 0) is 13.0 Å². The first-order valence-corrected chi connectivity index (χ1v) is 8.73. The van der Waals surface area contributed by atoms with E-state index in [-0.39, 0.29) is 0 Å². The number of halogens is 1. The summed E-state index contributed by atoms with van der Waals surface area (Å²) in [5, 5.41) is 2.16. The summed E-state index contributed by atoms with van der Waals surface area (Å²) in [6.07, 6.45) is 4.67. The van der Waals surface area contributed by atoms with Crippen molar-refractivity contribution in [1.29, 1.82) is 0 Å². The van der Waals surface area contributed by atoms with Gasteiger partial charge in [-0.15, -0.1) is 0 Å². The summed E-state index contributed by atoms with van der Waals surface area (Å²) in [6.45, 7) is 9.22. The highest BCUT2D eigenvalue weighted by Gasteiger charge is 2.14. The summed E-state index contributed by atoms with van der Waals surface area (Å²) in [6, 6.07) is 6.25. The normalized spacial score (nSPS) is 17.4. The lowest BCUT2D eigenvalue weighted by Crippen LogP contribution is -2.44. The minimum absolute atomic E-state index is 0.835. The summed E-state index contributed by atoms with van der Waals surface area (Å²) in [4.78, 5) is 5.00. The molecule has 0 atom stereocenters. The van der Waals surface area contributed by atoms with Crippen molar-refractivity contribution in [3.05, 3.63) is 35.0 Å². The molecule has 1 fully saturated rings. The third-order valence-electron chi connectivity index (χ3n) is 4.78. The molecule has 1 aliphatic heterocycles. The van der Waals surface area contributed by atoms with E-state index in [4.69, 9.17) is 11.6 Å². The van der Waals surface area contributed by atoms with Crippen molar-refractivity contribution < 1.29 is 0 Å². The Morgan fingerprint density at radius 1 is 1.14 bits per heavy atom. The number of aromatic nitrogens is 1. The molecule has 1 aromatic heterocycles. The molecule has 3 nitrogen and oxygen atoms in total. The number of aryl methyl sites for hydroxylation is 2. The molecule has 120 valence electrons. The molecule has 0 unspecified atom stereocenters. The van der Waals surface area contributed by atoms with Crippen molar-refractivity contribution in [3.63, 3.8) is 0 Å². The fourth-order valence-corrected chi connectivity index (χ4v) is 3.54. The highest BCUT2D eigenvalue weighted by molar-refractivity contribution is 6.31. The second kappa shape index (κ2) is 7.03. The number of likely N-dealkylation sites (N-methyl/N-ethyl adjacent to an activating group) is 1. The maximum absolute atomic E-state index is 6.19. The molecule has 1 aliphatic rings. The Morgan fingerprint density at radius 2 is 1.91 bits per heavy atom. The Labute approximate surface area is 138 Å². The van der Waals surface area contributed by atoms with Crippen LogP contribution in [0.25, 0.3) is 10.9 Å². The predicted molar refractivity (Wildman–Crippen MR) is 94.9 cm³/mol. The van der Waals surface area contributed by atoms with E-state index >= 15 is 0 Å². The summed E-state index contributed by atoms with van der Waals surface area (Å²) in [5.74, 6) is 0. The second-order valence-electron chi connectivity index (χ2n) is 6.35. The van der Waals surface area contributed by atoms with Crippen LogP contribution in [-0.4, -0.2) is 54.1 Å². The SMILES string of the molecule is CCn1cc(CCCN2CCN(C)CC2)c2cc(Cl)ccc21. The quantitative estimate of drug-likeness (QED) is 0.835. The fourth-order valence-electron chi connectivity index (χ4n) is 3.37. The Balaban J connectivity index is 1.65. The second-order valence-corrected chi connectivity index (χ2v) is 6.79. The lowest BCUT2D eigenvalue weighted by atomic mass is 10.1. The maximum atomic E-state index is 6.19. The molecule has 0 saturated carbocycles. The topological polar surface area (TPSA) is 11.4 Å². The molecular formula is C18H26ClN3. The van der Waals surface area contributed by atoms with Crippen LogP contribution in [0, 0.1) is 0 Å². The highest BCUT2D eigenvalue weighted by atomic mass is 35.5. The zero-order chi connectivity index (χ0) is 15.5. The average Bonchev–Trinajstić information content (AvgIpc) is 2.86. The molecule has 1 saturated heterocycles. The predicted octanol–water partition coefficient (Wildman–Crippen LogP) is 3.49. The summed E-state index contributed by atoms with van der Waals surface area (Å²) >= 11 is 6.19. The van der Waals surface area contributed by atoms with Gasteiger partial charge in [0.15, 0.2) is 0 Å². The minimum atomic E-state index is 0.835. The molecule has 0 aliphatic carbocycles. The first-order valence-electron chi connectivity index (χ1n) is 8.35. The van der Waals surface area contributed by atoms with Crippen molar-refractivity contribution in [3.8, 4) is 0 Å². The molecule has 3 rings (SSSR count). The van der Waals surface area contributed by atoms with Gasteiger partial charge in [-0.1, -0.05) is 11.6 Å². The van der Waals surface area contributed by atoms with Crippen molar-refractivity contribution in [2.45, 2.75) is 26.3 Å². The van der Waals surface area contributed by atoms with E-state index in [1.165, 1.54) is 55.6 Å². The zero-order valence-corrected chi connectivity index (χ0v) is 14.4. The van der Waals surface area contributed by atoms with Gasteiger partial charge in [-0.05, 0) is 57.1 Å². The average molecular weight is 320 g/mol. The third-order valence-corrected chi connectivity index (χ3v) is 5.02. The van der Waals surface area contributed by atoms with Crippen molar-refractivity contribution in [1.82, 2.24) is 14.4 Å². The first-order chi connectivity index (χ1) is 10.7. The van der Waals surface area contributed by atoms with Crippen LogP contribution in [0.2, 0.25) is 5.02 Å². The van der Waals surface area contributed by atoms with Crippen molar-refractivity contribution in [2.24, 2.45) is 0 Å². The van der Waals surface area contributed by atoms with Gasteiger partial charge in [-0.25, -0.2) is 0 Å². The Hall–Kier alpha value is -1.03. The van der Waals surface area contributed by atoms with E-state index in [1.807, 2.05) is 6.07 Å². The van der Waals surface area contributed by atoms with E-state index in [0.717, 1.165) is 18.0 Å². The molecule has 4 heteroatoms. The minimum Gasteiger partial charge on any atom is -0.347 e. The number of rotatable bonds is 5. The largest absolute Gasteiger partial charge is 0.347 e. The van der Waals surface area contributed by atoms with Gasteiger partial charge in [0.1, 0.15) is 0 Å². The van der Waals surface area contributed by atoms with Crippen LogP contribution in [0.5, 0.6) is 0 Å². The first kappa shape index (κ1) is 15.9. The zero-order valence-electron chi connectivity index (χ0n) is 13.7. The number of hydrogen-bond acceptors (Lipinski definition) is 2. The van der Waals surface area contributed by atoms with Gasteiger partial charge in [0.2, 0.25) is 0 Å². The van der Waals surface area contributed by atoms with Crippen LogP contribution >= 0.6 is 11.6 Å². The van der Waals surface area contributed by atoms with Crippen LogP contribution in [0.1, 0.15) is 18.9 Å². The van der Waals surface area contributed by atoms with Crippen molar-refractivity contribution in [2.75, 3.05) is 39.8 Å². The Bertz CT molecular complexity index is 627. The molecule has 2 heterocycles. The third kappa shape index (κ3) is 3.48. The standard InChI is InChI=1S/C18H26ClN3/c1-3-22-14-15(17-13-16(19)6-7-18(17)22)5-4-8-21-11-9-20(2)10-12-21/h6-7,13-14H,3-5,8-12H2,1-2H3. The monoisotopic (exact) mass is 319 g/mol. The van der Waals surface area contributed by atoms with Gasteiger partial charge >= 0.3 is 0 Å². The number of hydrogen-bond donors (Lipinski definition) is 0. The molecule has 0 radical (unpaired) electrons. The smallest absolute Gasteiger partial charge is 0.0484 e. The lowest BCUT2D eigenvalue weighted by Gasteiger charge is -2.32. The van der Waals surface area contributed by atoms with Gasteiger partial charge in [-0.3, -0.25) is 0 Å². The maximum Gasteiger partial charge on any atom is 0.0484 e. The van der Waals surface area contributed by atoms with E-state index in [0.29, 0.717) is 0 Å². The molecule has 22 heavy (non-hydrogen) atoms. The van der Waals surface area contributed by atoms with Gasteiger partial charge in [0.25, 0.3) is 0 Å². The van der Waals surface area contributed by atoms with Gasteiger partial charge in [0, 0.05) is 54.8 Å². The highest BCUT2D eigenvalue weighted by Crippen LogP contribution is 2.26. The molecule has 0 amide bonds. The number of benzene rings is 1. The number of fused-ring (bicyclic) bond motifs is 1. The van der Waals surface area contributed by atoms with Gasteiger partial charge in [-0.2, -0.15) is 0 Å². The summed E-state index contributed by atoms with van der Waals surface area (Å²) < 4.78 is 2.33. The molecule has 0 spiro atoms. The number of nitrogens with zero attached hydrogens (tertiary/aromatic N) is 3. The van der Waals surface area contributed by atoms with E-state index in [1.54, 1.807) is 0 Å². The van der Waals surface area contributed by atoms with E-state index in [9.17, 15) is 0 Å². The molecular weight excluding hydrogens is 294 g/mol. The summed E-state index contributed by atoms with van der Waals surface area (Å²) in [5.41, 5.74) is 2.75. The van der Waals surface area contributed by atoms with E-state index in [2.05, 4.69) is 46.7 Å².